The summed E-state index contributed by atoms with van der Waals surface area (Å²) >= 11 is 16.4. The monoisotopic (exact) mass is 371 g/mol. The van der Waals surface area contributed by atoms with E-state index in [2.05, 4.69) is 0 Å². The number of hydrogen-bond acceptors (Lipinski definition) is 4. The zero-order valence-electron chi connectivity index (χ0n) is 10.2. The van der Waals surface area contributed by atoms with Crippen LogP contribution in [0.15, 0.2) is 0 Å². The van der Waals surface area contributed by atoms with E-state index in [-0.39, 0.29) is 69.8 Å². The predicted octanol–water partition coefficient (Wildman–Crippen LogP) is 1.47. The second-order valence-corrected chi connectivity index (χ2v) is 7.21. The van der Waals surface area contributed by atoms with Gasteiger partial charge in [-0.2, -0.15) is 0 Å². The standard InChI is InChI=1S/C11H16Cl3NO4.K.H/c12-11(13,14)5-19-10(18)8(15)6-1-3-7(4-2-6)9(16)17;;/h6-8H,1-5,15H2,(H,16,17);;/t6-,7-,8?;;. The maximum absolute atomic E-state index is 11.7. The summed E-state index contributed by atoms with van der Waals surface area (Å²) < 4.78 is 3.16. The average Bonchev–Trinajstić information content (AvgIpc) is 2.34. The molecule has 0 saturated heterocycles. The van der Waals surface area contributed by atoms with Crippen molar-refractivity contribution in [3.63, 3.8) is 0 Å². The Morgan fingerprint density at radius 1 is 1.25 bits per heavy atom. The minimum atomic E-state index is -1.66. The number of carbonyl (C=O) groups is 2. The van der Waals surface area contributed by atoms with Crippen LogP contribution in [-0.4, -0.2) is 84.9 Å². The van der Waals surface area contributed by atoms with E-state index < -0.39 is 21.8 Å². The third-order valence-electron chi connectivity index (χ3n) is 3.28. The number of esters is 1. The molecule has 0 aromatic heterocycles. The normalized spacial score (nSPS) is 24.4. The maximum atomic E-state index is 11.7. The fraction of sp³-hybridized carbons (Fsp3) is 0.818. The van der Waals surface area contributed by atoms with Gasteiger partial charge in [0.1, 0.15) is 12.6 Å². The summed E-state index contributed by atoms with van der Waals surface area (Å²) in [5, 5.41) is 8.88. The number of nitrogens with two attached hydrogens (primary N) is 1. The van der Waals surface area contributed by atoms with Crippen molar-refractivity contribution in [3.05, 3.63) is 0 Å². The van der Waals surface area contributed by atoms with Gasteiger partial charge in [0, 0.05) is 0 Å². The Balaban J connectivity index is 0.00000361. The van der Waals surface area contributed by atoms with Gasteiger partial charge in [-0.15, -0.1) is 0 Å². The summed E-state index contributed by atoms with van der Waals surface area (Å²) in [7, 11) is 0. The first kappa shape index (κ1) is 21.4. The Morgan fingerprint density at radius 3 is 2.15 bits per heavy atom. The van der Waals surface area contributed by atoms with E-state index >= 15 is 0 Å². The SMILES string of the molecule is NC(C(=O)OCC(Cl)(Cl)Cl)[C@H]1CC[C@H](C(=O)O)CC1.[KH]. The van der Waals surface area contributed by atoms with Crippen molar-refractivity contribution in [2.45, 2.75) is 35.5 Å². The topological polar surface area (TPSA) is 89.6 Å². The molecule has 1 saturated carbocycles. The average molecular weight is 373 g/mol. The van der Waals surface area contributed by atoms with Crippen LogP contribution in [0.2, 0.25) is 0 Å². The summed E-state index contributed by atoms with van der Waals surface area (Å²) in [6.45, 7) is -0.353. The van der Waals surface area contributed by atoms with Crippen LogP contribution in [0.4, 0.5) is 0 Å². The van der Waals surface area contributed by atoms with Crippen LogP contribution >= 0.6 is 34.8 Å². The van der Waals surface area contributed by atoms with Crippen molar-refractivity contribution in [2.24, 2.45) is 17.6 Å². The Kier molecular flexibility index (Phi) is 10.2. The van der Waals surface area contributed by atoms with Gasteiger partial charge < -0.3 is 15.6 Å². The molecule has 9 heteroatoms. The van der Waals surface area contributed by atoms with Gasteiger partial charge in [0.15, 0.2) is 0 Å². The van der Waals surface area contributed by atoms with E-state index in [1.165, 1.54) is 0 Å². The van der Waals surface area contributed by atoms with Crippen LogP contribution in [0.3, 0.4) is 0 Å². The van der Waals surface area contributed by atoms with Crippen LogP contribution in [0.5, 0.6) is 0 Å². The van der Waals surface area contributed by atoms with Crippen molar-refractivity contribution in [1.29, 1.82) is 0 Å². The van der Waals surface area contributed by atoms with Gasteiger partial charge in [-0.3, -0.25) is 9.59 Å². The second kappa shape index (κ2) is 9.52. The van der Waals surface area contributed by atoms with E-state index in [4.69, 9.17) is 50.4 Å². The molecule has 0 bridgehead atoms. The summed E-state index contributed by atoms with van der Waals surface area (Å²) in [6, 6.07) is -0.804. The van der Waals surface area contributed by atoms with Gasteiger partial charge in [0.25, 0.3) is 0 Å². The predicted molar refractivity (Wildman–Crippen MR) is 79.5 cm³/mol. The van der Waals surface area contributed by atoms with Crippen LogP contribution in [0.1, 0.15) is 25.7 Å². The molecular weight excluding hydrogens is 356 g/mol. The zero-order chi connectivity index (χ0) is 14.6. The molecule has 112 valence electrons. The third-order valence-corrected chi connectivity index (χ3v) is 3.61. The van der Waals surface area contributed by atoms with E-state index in [9.17, 15) is 9.59 Å². The van der Waals surface area contributed by atoms with Gasteiger partial charge in [0.05, 0.1) is 5.92 Å². The molecule has 0 aromatic carbocycles. The summed E-state index contributed by atoms with van der Waals surface area (Å²) in [5.74, 6) is -1.85. The van der Waals surface area contributed by atoms with Crippen LogP contribution in [-0.2, 0) is 14.3 Å². The molecule has 1 rings (SSSR count). The molecule has 20 heavy (non-hydrogen) atoms. The molecule has 1 fully saturated rings. The minimum absolute atomic E-state index is 0. The molecule has 1 aliphatic rings. The van der Waals surface area contributed by atoms with Crippen molar-refractivity contribution in [3.8, 4) is 0 Å². The number of carbonyl (C=O) groups excluding carboxylic acids is 1. The molecule has 5 nitrogen and oxygen atoms in total. The number of ether oxygens (including phenoxy) is 1. The molecule has 1 unspecified atom stereocenters. The second-order valence-electron chi connectivity index (χ2n) is 4.70. The Bertz CT molecular complexity index is 343. The van der Waals surface area contributed by atoms with Gasteiger partial charge in [-0.1, -0.05) is 34.8 Å². The fourth-order valence-electron chi connectivity index (χ4n) is 2.17. The summed E-state index contributed by atoms with van der Waals surface area (Å²) in [6.07, 6.45) is 2.21. The van der Waals surface area contributed by atoms with Crippen molar-refractivity contribution < 1.29 is 19.4 Å². The summed E-state index contributed by atoms with van der Waals surface area (Å²) in [4.78, 5) is 22.5. The molecule has 1 aliphatic carbocycles. The number of carboxylic acid groups (broad SMARTS) is 1. The number of carboxylic acids is 1. The Labute approximate surface area is 175 Å². The van der Waals surface area contributed by atoms with Crippen LogP contribution < -0.4 is 5.73 Å². The first-order valence-corrected chi connectivity index (χ1v) is 7.06. The number of halogens is 3. The molecule has 0 aliphatic heterocycles. The first-order valence-electron chi connectivity index (χ1n) is 5.92. The van der Waals surface area contributed by atoms with Gasteiger partial charge >= 0.3 is 63.3 Å². The van der Waals surface area contributed by atoms with Gasteiger partial charge in [0.2, 0.25) is 3.79 Å². The Hall–Kier alpha value is 1.41. The van der Waals surface area contributed by atoms with Gasteiger partial charge in [-0.05, 0) is 31.6 Å². The molecular formula is C11H17Cl3KNO4. The molecule has 0 radical (unpaired) electrons. The van der Waals surface area contributed by atoms with Crippen molar-refractivity contribution in [2.75, 3.05) is 6.61 Å². The number of aliphatic carboxylic acids is 1. The quantitative estimate of drug-likeness (QED) is 0.443. The molecule has 0 aromatic rings. The van der Waals surface area contributed by atoms with Crippen LogP contribution in [0, 0.1) is 11.8 Å². The fourth-order valence-corrected chi connectivity index (χ4v) is 2.33. The molecule has 1 atom stereocenters. The van der Waals surface area contributed by atoms with E-state index in [0.717, 1.165) is 0 Å². The summed E-state index contributed by atoms with van der Waals surface area (Å²) in [5.41, 5.74) is 5.79. The third kappa shape index (κ3) is 7.60. The molecule has 0 amide bonds. The van der Waals surface area contributed by atoms with E-state index in [1.807, 2.05) is 0 Å². The van der Waals surface area contributed by atoms with Gasteiger partial charge in [-0.25, -0.2) is 0 Å². The molecule has 0 heterocycles. The van der Waals surface area contributed by atoms with Crippen LogP contribution in [0.25, 0.3) is 0 Å². The first-order chi connectivity index (χ1) is 8.70. The number of alkyl halides is 3. The molecule has 0 spiro atoms. The van der Waals surface area contributed by atoms with E-state index in [1.54, 1.807) is 0 Å². The Morgan fingerprint density at radius 2 is 1.75 bits per heavy atom. The van der Waals surface area contributed by atoms with Crippen molar-refractivity contribution in [1.82, 2.24) is 0 Å². The molecule has 3 N–H and O–H groups in total. The zero-order valence-corrected chi connectivity index (χ0v) is 12.4. The van der Waals surface area contributed by atoms with Crippen molar-refractivity contribution >= 4 is 98.1 Å². The van der Waals surface area contributed by atoms with E-state index in [0.29, 0.717) is 25.7 Å². The number of rotatable bonds is 4. The number of hydrogen-bond donors (Lipinski definition) is 2.